The van der Waals surface area contributed by atoms with Crippen LogP contribution in [-0.4, -0.2) is 35.5 Å². The second-order valence-electron chi connectivity index (χ2n) is 7.33. The van der Waals surface area contributed by atoms with Crippen LogP contribution >= 0.6 is 0 Å². The van der Waals surface area contributed by atoms with Crippen LogP contribution in [0.15, 0.2) is 54.6 Å². The third-order valence-electron chi connectivity index (χ3n) is 4.77. The number of amides is 1. The van der Waals surface area contributed by atoms with Crippen molar-refractivity contribution < 1.29 is 19.1 Å². The first-order chi connectivity index (χ1) is 13.8. The first kappa shape index (κ1) is 22.5. The van der Waals surface area contributed by atoms with Gasteiger partial charge in [0, 0.05) is 6.54 Å². The Morgan fingerprint density at radius 1 is 0.931 bits per heavy atom. The van der Waals surface area contributed by atoms with Gasteiger partial charge >= 0.3 is 5.97 Å². The summed E-state index contributed by atoms with van der Waals surface area (Å²) in [4.78, 5) is 27.1. The van der Waals surface area contributed by atoms with Crippen LogP contribution < -0.4 is 4.74 Å². The van der Waals surface area contributed by atoms with Crippen molar-refractivity contribution in [2.75, 3.05) is 6.61 Å². The molecule has 0 saturated heterocycles. The smallest absolute Gasteiger partial charge is 0.328 e. The lowest BCUT2D eigenvalue weighted by atomic mass is 10.0. The Kier molecular flexibility index (Phi) is 8.25. The van der Waals surface area contributed by atoms with Gasteiger partial charge in [-0.05, 0) is 43.9 Å². The predicted molar refractivity (Wildman–Crippen MR) is 114 cm³/mol. The Bertz CT molecular complexity index is 804. The lowest BCUT2D eigenvalue weighted by Crippen LogP contribution is -2.48. The molecular formula is C24H31NO4. The van der Waals surface area contributed by atoms with Crippen molar-refractivity contribution in [3.63, 3.8) is 0 Å². The average molecular weight is 398 g/mol. The molecular weight excluding hydrogens is 366 g/mol. The minimum Gasteiger partial charge on any atom is -0.481 e. The molecule has 2 aromatic rings. The van der Waals surface area contributed by atoms with E-state index in [1.807, 2.05) is 54.6 Å². The summed E-state index contributed by atoms with van der Waals surface area (Å²) in [7, 11) is 0. The van der Waals surface area contributed by atoms with Gasteiger partial charge in [-0.2, -0.15) is 0 Å². The lowest BCUT2D eigenvalue weighted by molar-refractivity contribution is -0.156. The van der Waals surface area contributed by atoms with Crippen molar-refractivity contribution in [2.24, 2.45) is 0 Å². The normalized spacial score (nSPS) is 12.9. The molecule has 2 atom stereocenters. The third-order valence-corrected chi connectivity index (χ3v) is 4.77. The zero-order valence-electron chi connectivity index (χ0n) is 17.9. The molecule has 0 bridgehead atoms. The molecule has 0 aliphatic carbocycles. The minimum atomic E-state index is -0.740. The number of ether oxygens (including phenoxy) is 2. The number of para-hydroxylation sites is 1. The van der Waals surface area contributed by atoms with Crippen LogP contribution in [0.1, 0.15) is 51.7 Å². The Hall–Kier alpha value is -2.82. The summed E-state index contributed by atoms with van der Waals surface area (Å²) < 4.78 is 11.2. The number of hydrogen-bond donors (Lipinski definition) is 0. The quantitative estimate of drug-likeness (QED) is 0.582. The van der Waals surface area contributed by atoms with Crippen LogP contribution in [0.4, 0.5) is 0 Å². The minimum absolute atomic E-state index is 0.257. The van der Waals surface area contributed by atoms with Gasteiger partial charge in [-0.1, -0.05) is 62.4 Å². The van der Waals surface area contributed by atoms with E-state index in [4.69, 9.17) is 9.47 Å². The molecule has 5 nitrogen and oxygen atoms in total. The molecule has 0 spiro atoms. The van der Waals surface area contributed by atoms with Crippen molar-refractivity contribution in [1.82, 2.24) is 4.90 Å². The zero-order valence-corrected chi connectivity index (χ0v) is 17.9. The number of rotatable bonds is 9. The summed E-state index contributed by atoms with van der Waals surface area (Å²) in [5.74, 6) is 0.277. The van der Waals surface area contributed by atoms with E-state index in [-0.39, 0.29) is 18.4 Å². The lowest BCUT2D eigenvalue weighted by Gasteiger charge is -2.30. The summed E-state index contributed by atoms with van der Waals surface area (Å²) in [5, 5.41) is 0. The highest BCUT2D eigenvalue weighted by Crippen LogP contribution is 2.27. The molecule has 0 fully saturated rings. The number of hydrogen-bond acceptors (Lipinski definition) is 4. The first-order valence-electron chi connectivity index (χ1n) is 10.1. The molecule has 29 heavy (non-hydrogen) atoms. The van der Waals surface area contributed by atoms with E-state index in [1.165, 1.54) is 4.90 Å². The Labute approximate surface area is 173 Å². The van der Waals surface area contributed by atoms with Gasteiger partial charge in [0.15, 0.2) is 6.10 Å². The van der Waals surface area contributed by atoms with E-state index in [9.17, 15) is 9.59 Å². The molecule has 5 heteroatoms. The van der Waals surface area contributed by atoms with Crippen LogP contribution in [0.5, 0.6) is 5.75 Å². The zero-order chi connectivity index (χ0) is 21.4. The van der Waals surface area contributed by atoms with Crippen LogP contribution in [0.3, 0.4) is 0 Å². The van der Waals surface area contributed by atoms with E-state index in [2.05, 4.69) is 13.8 Å². The Morgan fingerprint density at radius 2 is 1.55 bits per heavy atom. The summed E-state index contributed by atoms with van der Waals surface area (Å²) >= 11 is 0. The van der Waals surface area contributed by atoms with Crippen molar-refractivity contribution in [3.05, 3.63) is 65.7 Å². The maximum absolute atomic E-state index is 13.3. The highest BCUT2D eigenvalue weighted by molar-refractivity contribution is 5.87. The summed E-state index contributed by atoms with van der Waals surface area (Å²) in [6, 6.07) is 16.6. The van der Waals surface area contributed by atoms with E-state index in [0.29, 0.717) is 12.3 Å². The largest absolute Gasteiger partial charge is 0.481 e. The molecule has 156 valence electrons. The van der Waals surface area contributed by atoms with Crippen LogP contribution in [0, 0.1) is 0 Å². The molecule has 2 rings (SSSR count). The van der Waals surface area contributed by atoms with E-state index in [1.54, 1.807) is 20.8 Å². The van der Waals surface area contributed by atoms with Gasteiger partial charge < -0.3 is 14.4 Å². The highest BCUT2D eigenvalue weighted by atomic mass is 16.5. The maximum Gasteiger partial charge on any atom is 0.328 e. The van der Waals surface area contributed by atoms with Gasteiger partial charge in [0.25, 0.3) is 5.91 Å². The molecule has 0 saturated carbocycles. The van der Waals surface area contributed by atoms with Gasteiger partial charge in [-0.3, -0.25) is 4.79 Å². The van der Waals surface area contributed by atoms with Crippen LogP contribution in [0.2, 0.25) is 0 Å². The van der Waals surface area contributed by atoms with Crippen molar-refractivity contribution in [3.8, 4) is 5.75 Å². The van der Waals surface area contributed by atoms with Gasteiger partial charge in [-0.15, -0.1) is 0 Å². The Balaban J connectivity index is 2.24. The predicted octanol–water partition coefficient (Wildman–Crippen LogP) is 4.56. The van der Waals surface area contributed by atoms with Crippen molar-refractivity contribution in [2.45, 2.75) is 59.2 Å². The fraction of sp³-hybridized carbons (Fsp3) is 0.417. The molecule has 0 aliphatic heterocycles. The van der Waals surface area contributed by atoms with Gasteiger partial charge in [-0.25, -0.2) is 4.79 Å². The van der Waals surface area contributed by atoms with E-state index in [0.717, 1.165) is 11.1 Å². The molecule has 0 heterocycles. The van der Waals surface area contributed by atoms with Gasteiger partial charge in [0.1, 0.15) is 11.8 Å². The van der Waals surface area contributed by atoms with Gasteiger partial charge in [0.05, 0.1) is 6.61 Å². The van der Waals surface area contributed by atoms with Gasteiger partial charge in [0.2, 0.25) is 0 Å². The number of esters is 1. The number of carbonyl (C=O) groups is 2. The second-order valence-corrected chi connectivity index (χ2v) is 7.33. The maximum atomic E-state index is 13.3. The molecule has 0 aromatic heterocycles. The molecule has 0 radical (unpaired) electrons. The summed E-state index contributed by atoms with van der Waals surface area (Å²) in [6.45, 7) is 9.90. The Morgan fingerprint density at radius 3 is 2.17 bits per heavy atom. The van der Waals surface area contributed by atoms with Crippen molar-refractivity contribution >= 4 is 11.9 Å². The van der Waals surface area contributed by atoms with Crippen LogP contribution in [0.25, 0.3) is 0 Å². The number of benzene rings is 2. The first-order valence-corrected chi connectivity index (χ1v) is 10.1. The topological polar surface area (TPSA) is 55.8 Å². The average Bonchev–Trinajstić information content (AvgIpc) is 2.72. The number of nitrogens with zero attached hydrogens (tertiary/aromatic N) is 1. The molecule has 2 aromatic carbocycles. The fourth-order valence-corrected chi connectivity index (χ4v) is 3.12. The second kappa shape index (κ2) is 10.6. The standard InChI is InChI=1S/C24H31NO4/c1-6-28-24(27)18(4)25(16-20-12-8-7-9-13-20)23(26)19(5)29-22-15-11-10-14-21(22)17(2)3/h7-15,17-19H,6,16H2,1-5H3. The molecule has 0 aliphatic rings. The SMILES string of the molecule is CCOC(=O)C(C)N(Cc1ccccc1)C(=O)C(C)Oc1ccccc1C(C)C. The monoisotopic (exact) mass is 397 g/mol. The molecule has 2 unspecified atom stereocenters. The van der Waals surface area contributed by atoms with Crippen LogP contribution in [-0.2, 0) is 20.9 Å². The number of carbonyl (C=O) groups excluding carboxylic acids is 2. The molecule has 0 N–H and O–H groups in total. The highest BCUT2D eigenvalue weighted by Gasteiger charge is 2.31. The summed E-state index contributed by atoms with van der Waals surface area (Å²) in [5.41, 5.74) is 1.98. The fourth-order valence-electron chi connectivity index (χ4n) is 3.12. The third kappa shape index (κ3) is 6.08. The summed E-state index contributed by atoms with van der Waals surface area (Å²) in [6.07, 6.45) is -0.740. The van der Waals surface area contributed by atoms with E-state index >= 15 is 0 Å². The molecule has 1 amide bonds. The van der Waals surface area contributed by atoms with E-state index < -0.39 is 18.1 Å². The van der Waals surface area contributed by atoms with Crippen molar-refractivity contribution in [1.29, 1.82) is 0 Å².